The van der Waals surface area contributed by atoms with Crippen molar-refractivity contribution in [1.82, 2.24) is 4.90 Å². The fourth-order valence-corrected chi connectivity index (χ4v) is 6.45. The van der Waals surface area contributed by atoms with Crippen LogP contribution in [0.5, 0.6) is 17.2 Å². The molecule has 2 aromatic rings. The summed E-state index contributed by atoms with van der Waals surface area (Å²) in [5.41, 5.74) is 2.74. The smallest absolute Gasteiger partial charge is 0.308 e. The van der Waals surface area contributed by atoms with Crippen LogP contribution in [0, 0.1) is 5.92 Å². The minimum absolute atomic E-state index is 0.245. The van der Waals surface area contributed by atoms with Gasteiger partial charge in [-0.1, -0.05) is 12.1 Å². The number of likely N-dealkylation sites (N-methyl/N-ethyl adjacent to an activating group) is 1. The first-order chi connectivity index (χ1) is 18.3. The topological polar surface area (TPSA) is 104 Å². The first-order valence-electron chi connectivity index (χ1n) is 12.6. The number of aliphatic imine (C=N–C) groups is 1. The maximum Gasteiger partial charge on any atom is 0.308 e. The lowest BCUT2D eigenvalue weighted by Gasteiger charge is -2.56. The van der Waals surface area contributed by atoms with Gasteiger partial charge in [0.2, 0.25) is 6.08 Å². The summed E-state index contributed by atoms with van der Waals surface area (Å²) < 4.78 is 22.4. The summed E-state index contributed by atoms with van der Waals surface area (Å²) in [5.74, 6) is 1.46. The first-order valence-corrected chi connectivity index (χ1v) is 12.6. The summed E-state index contributed by atoms with van der Waals surface area (Å²) in [4.78, 5) is 38.9. The van der Waals surface area contributed by atoms with E-state index in [2.05, 4.69) is 29.1 Å². The maximum absolute atomic E-state index is 11.7. The van der Waals surface area contributed by atoms with Crippen molar-refractivity contribution in [3.05, 3.63) is 59.7 Å². The standard InChI is InChI=1S/C21H23NO5.C8H7NO2/c1-11(23)25-16-6-4-13-10-15-14-5-7-17(26-12(2)24)20-21(14,8-9-22(15)3)18(13)19(16)27-20;1-11-8-4-2-7(3-5-8)9-6-10/h4-7,14-15,17,20H,8-10H2,1-3H3;2-5H,1H3/t14-,15+,17-,20-,21-;/m0./s1. The second-order valence-electron chi connectivity index (χ2n) is 9.99. The molecule has 0 radical (unpaired) electrons. The molecule has 9 nitrogen and oxygen atoms in total. The van der Waals surface area contributed by atoms with Crippen LogP contribution in [-0.2, 0) is 31.0 Å². The van der Waals surface area contributed by atoms with Crippen LogP contribution in [0.15, 0.2) is 53.5 Å². The molecule has 38 heavy (non-hydrogen) atoms. The van der Waals surface area contributed by atoms with Gasteiger partial charge in [0.15, 0.2) is 17.6 Å². The zero-order chi connectivity index (χ0) is 27.0. The van der Waals surface area contributed by atoms with Crippen molar-refractivity contribution in [2.24, 2.45) is 10.9 Å². The van der Waals surface area contributed by atoms with Crippen molar-refractivity contribution in [3.8, 4) is 17.2 Å². The summed E-state index contributed by atoms with van der Waals surface area (Å²) in [5, 5.41) is 0. The molecule has 2 aromatic carbocycles. The van der Waals surface area contributed by atoms with Gasteiger partial charge < -0.3 is 23.8 Å². The number of carbonyl (C=O) groups is 2. The number of piperidine rings is 1. The molecule has 2 aliphatic carbocycles. The molecular formula is C29H30N2O7. The van der Waals surface area contributed by atoms with Gasteiger partial charge in [0.1, 0.15) is 11.9 Å². The van der Waals surface area contributed by atoms with Gasteiger partial charge in [-0.15, -0.1) is 0 Å². The lowest BCUT2D eigenvalue weighted by Crippen LogP contribution is -2.65. The number of nitrogens with zero attached hydrogens (tertiary/aromatic N) is 2. The zero-order valence-electron chi connectivity index (χ0n) is 21.8. The Bertz CT molecular complexity index is 1330. The SMILES string of the molecule is CC(=O)Oc1ccc2c3c1O[C@H]1[C@@H](OC(C)=O)C=C[C@H]4[C@@H](C2)N(C)CC[C@@]341.COc1ccc(N=C=O)cc1. The van der Waals surface area contributed by atoms with Gasteiger partial charge in [-0.2, -0.15) is 4.99 Å². The molecule has 2 aliphatic heterocycles. The quantitative estimate of drug-likeness (QED) is 0.199. The van der Waals surface area contributed by atoms with Gasteiger partial charge in [0, 0.05) is 36.8 Å². The summed E-state index contributed by atoms with van der Waals surface area (Å²) >= 11 is 0. The van der Waals surface area contributed by atoms with E-state index in [4.69, 9.17) is 18.9 Å². The molecule has 9 heteroatoms. The summed E-state index contributed by atoms with van der Waals surface area (Å²) in [7, 11) is 3.76. The Morgan fingerprint density at radius 1 is 1.11 bits per heavy atom. The third-order valence-electron chi connectivity index (χ3n) is 7.92. The van der Waals surface area contributed by atoms with E-state index in [-0.39, 0.29) is 29.4 Å². The molecule has 1 saturated heterocycles. The molecular weight excluding hydrogens is 488 g/mol. The van der Waals surface area contributed by atoms with Gasteiger partial charge in [0.05, 0.1) is 12.8 Å². The molecule has 2 heterocycles. The fourth-order valence-electron chi connectivity index (χ4n) is 6.45. The van der Waals surface area contributed by atoms with Crippen LogP contribution >= 0.6 is 0 Å². The third-order valence-corrected chi connectivity index (χ3v) is 7.92. The molecule has 0 saturated carbocycles. The van der Waals surface area contributed by atoms with Gasteiger partial charge >= 0.3 is 11.9 Å². The number of hydrogen-bond donors (Lipinski definition) is 0. The summed E-state index contributed by atoms with van der Waals surface area (Å²) in [6.07, 6.45) is 6.76. The van der Waals surface area contributed by atoms with Gasteiger partial charge in [-0.25, -0.2) is 4.79 Å². The largest absolute Gasteiger partial charge is 0.497 e. The highest BCUT2D eigenvalue weighted by molar-refractivity contribution is 5.73. The molecule has 1 fully saturated rings. The average Bonchev–Trinajstić information content (AvgIpc) is 3.24. The Morgan fingerprint density at radius 3 is 2.53 bits per heavy atom. The molecule has 0 unspecified atom stereocenters. The number of isocyanates is 1. The molecule has 4 aliphatic rings. The monoisotopic (exact) mass is 518 g/mol. The number of rotatable bonds is 4. The predicted molar refractivity (Wildman–Crippen MR) is 138 cm³/mol. The normalized spacial score (nSPS) is 27.5. The van der Waals surface area contributed by atoms with Crippen LogP contribution in [-0.4, -0.2) is 61.9 Å². The van der Waals surface area contributed by atoms with E-state index in [1.54, 1.807) is 31.4 Å². The van der Waals surface area contributed by atoms with Crippen molar-refractivity contribution >= 4 is 23.7 Å². The second kappa shape index (κ2) is 10.1. The number of esters is 2. The van der Waals surface area contributed by atoms with Crippen LogP contribution in [0.2, 0.25) is 0 Å². The number of carbonyl (C=O) groups excluding carboxylic acids is 3. The highest BCUT2D eigenvalue weighted by Crippen LogP contribution is 2.62. The molecule has 0 N–H and O–H groups in total. The minimum Gasteiger partial charge on any atom is -0.497 e. The lowest BCUT2D eigenvalue weighted by atomic mass is 9.53. The van der Waals surface area contributed by atoms with Crippen molar-refractivity contribution in [3.63, 3.8) is 0 Å². The van der Waals surface area contributed by atoms with E-state index in [0.29, 0.717) is 23.2 Å². The Balaban J connectivity index is 0.000000226. The second-order valence-corrected chi connectivity index (χ2v) is 9.99. The van der Waals surface area contributed by atoms with Crippen molar-refractivity contribution in [1.29, 1.82) is 0 Å². The minimum atomic E-state index is -0.439. The fraction of sp³-hybridized carbons (Fsp3) is 0.414. The highest BCUT2D eigenvalue weighted by atomic mass is 16.6. The van der Waals surface area contributed by atoms with Gasteiger partial charge in [-0.05, 0) is 68.4 Å². The lowest BCUT2D eigenvalue weighted by molar-refractivity contribution is -0.152. The average molecular weight is 519 g/mol. The number of ether oxygens (including phenoxy) is 4. The summed E-state index contributed by atoms with van der Waals surface area (Å²) in [6, 6.07) is 11.1. The van der Waals surface area contributed by atoms with E-state index in [1.807, 2.05) is 12.1 Å². The highest BCUT2D eigenvalue weighted by Gasteiger charge is 2.65. The molecule has 198 valence electrons. The Hall–Kier alpha value is -3.94. The zero-order valence-corrected chi connectivity index (χ0v) is 21.8. The van der Waals surface area contributed by atoms with E-state index >= 15 is 0 Å². The van der Waals surface area contributed by atoms with Crippen LogP contribution in [0.25, 0.3) is 0 Å². The van der Waals surface area contributed by atoms with E-state index in [0.717, 1.165) is 30.7 Å². The van der Waals surface area contributed by atoms with E-state index < -0.39 is 6.10 Å². The molecule has 1 spiro atoms. The number of likely N-dealkylation sites (tertiary alicyclic amines) is 1. The number of methoxy groups -OCH3 is 1. The van der Waals surface area contributed by atoms with E-state index in [1.165, 1.54) is 25.5 Å². The number of benzene rings is 2. The Kier molecular flexibility index (Phi) is 6.82. The van der Waals surface area contributed by atoms with Gasteiger partial charge in [0.25, 0.3) is 0 Å². The Morgan fingerprint density at radius 2 is 1.87 bits per heavy atom. The predicted octanol–water partition coefficient (Wildman–Crippen LogP) is 3.65. The van der Waals surface area contributed by atoms with Crippen LogP contribution in [0.4, 0.5) is 5.69 Å². The third kappa shape index (κ3) is 4.27. The van der Waals surface area contributed by atoms with Crippen molar-refractivity contribution < 1.29 is 33.3 Å². The summed E-state index contributed by atoms with van der Waals surface area (Å²) in [6.45, 7) is 3.77. The molecule has 2 bridgehead atoms. The molecule has 6 rings (SSSR count). The van der Waals surface area contributed by atoms with Crippen LogP contribution in [0.3, 0.4) is 0 Å². The van der Waals surface area contributed by atoms with Crippen LogP contribution < -0.4 is 14.2 Å². The van der Waals surface area contributed by atoms with E-state index in [9.17, 15) is 14.4 Å². The molecule has 5 atom stereocenters. The maximum atomic E-state index is 11.7. The number of hydrogen-bond acceptors (Lipinski definition) is 9. The Labute approximate surface area is 221 Å². The molecule has 0 aromatic heterocycles. The van der Waals surface area contributed by atoms with Crippen molar-refractivity contribution in [2.45, 2.75) is 50.4 Å². The van der Waals surface area contributed by atoms with Gasteiger partial charge in [-0.3, -0.25) is 9.59 Å². The van der Waals surface area contributed by atoms with Crippen molar-refractivity contribution in [2.75, 3.05) is 20.7 Å². The van der Waals surface area contributed by atoms with Crippen LogP contribution in [0.1, 0.15) is 31.4 Å². The molecule has 0 amide bonds. The first kappa shape index (κ1) is 25.7.